The molecule has 5 nitrogen and oxygen atoms in total. The van der Waals surface area contributed by atoms with Crippen LogP contribution in [0.1, 0.15) is 25.0 Å². The SMILES string of the molecule is N#Cc1oc2ccccc2c1OCCCCCS(=O)(=O)Cl. The van der Waals surface area contributed by atoms with E-state index in [4.69, 9.17) is 25.1 Å². The molecule has 0 amide bonds. The van der Waals surface area contributed by atoms with Crippen LogP contribution in [-0.4, -0.2) is 20.8 Å². The Morgan fingerprint density at radius 2 is 2.00 bits per heavy atom. The summed E-state index contributed by atoms with van der Waals surface area (Å²) in [5.41, 5.74) is 0.609. The van der Waals surface area contributed by atoms with Crippen LogP contribution in [-0.2, 0) is 9.05 Å². The zero-order chi connectivity index (χ0) is 15.3. The molecule has 2 aromatic rings. The molecule has 0 N–H and O–H groups in total. The maximum Gasteiger partial charge on any atom is 0.246 e. The fraction of sp³-hybridized carbons (Fsp3) is 0.357. The van der Waals surface area contributed by atoms with E-state index in [1.165, 1.54) is 0 Å². The van der Waals surface area contributed by atoms with Crippen molar-refractivity contribution in [3.8, 4) is 11.8 Å². The quantitative estimate of drug-likeness (QED) is 0.575. The Kier molecular flexibility index (Phi) is 5.10. The van der Waals surface area contributed by atoms with Crippen molar-refractivity contribution >= 4 is 30.7 Å². The Labute approximate surface area is 127 Å². The third-order valence-electron chi connectivity index (χ3n) is 2.93. The van der Waals surface area contributed by atoms with Crippen LogP contribution in [0.3, 0.4) is 0 Å². The van der Waals surface area contributed by atoms with E-state index < -0.39 is 9.05 Å². The highest BCUT2D eigenvalue weighted by Crippen LogP contribution is 2.32. The molecule has 0 atom stereocenters. The minimum atomic E-state index is -3.42. The fourth-order valence-corrected chi connectivity index (χ4v) is 2.84. The van der Waals surface area contributed by atoms with Crippen molar-refractivity contribution in [2.24, 2.45) is 0 Å². The number of rotatable bonds is 7. The third kappa shape index (κ3) is 4.38. The number of halogens is 1. The van der Waals surface area contributed by atoms with E-state index in [0.717, 1.165) is 5.39 Å². The van der Waals surface area contributed by atoms with Gasteiger partial charge in [0, 0.05) is 10.7 Å². The normalized spacial score (nSPS) is 11.4. The third-order valence-corrected chi connectivity index (χ3v) is 4.17. The minimum Gasteiger partial charge on any atom is -0.488 e. The molecule has 1 aromatic heterocycles. The van der Waals surface area contributed by atoms with Crippen molar-refractivity contribution in [3.05, 3.63) is 30.0 Å². The van der Waals surface area contributed by atoms with Gasteiger partial charge in [-0.2, -0.15) is 5.26 Å². The molecular formula is C14H14ClNO4S. The van der Waals surface area contributed by atoms with Crippen LogP contribution in [0.25, 0.3) is 11.0 Å². The maximum absolute atomic E-state index is 10.8. The van der Waals surface area contributed by atoms with Crippen molar-refractivity contribution in [2.75, 3.05) is 12.4 Å². The molecule has 21 heavy (non-hydrogen) atoms. The van der Waals surface area contributed by atoms with E-state index in [1.54, 1.807) is 6.07 Å². The molecular weight excluding hydrogens is 314 g/mol. The second kappa shape index (κ2) is 6.83. The van der Waals surface area contributed by atoms with Crippen molar-refractivity contribution in [1.29, 1.82) is 5.26 Å². The molecule has 0 aliphatic rings. The van der Waals surface area contributed by atoms with Crippen LogP contribution in [0.2, 0.25) is 0 Å². The molecule has 0 aliphatic carbocycles. The predicted molar refractivity (Wildman–Crippen MR) is 79.9 cm³/mol. The van der Waals surface area contributed by atoms with Gasteiger partial charge in [0.25, 0.3) is 0 Å². The van der Waals surface area contributed by atoms with Crippen molar-refractivity contribution in [2.45, 2.75) is 19.3 Å². The topological polar surface area (TPSA) is 80.3 Å². The smallest absolute Gasteiger partial charge is 0.246 e. The Morgan fingerprint density at radius 3 is 2.71 bits per heavy atom. The number of unbranched alkanes of at least 4 members (excludes halogenated alkanes) is 2. The van der Waals surface area contributed by atoms with Gasteiger partial charge in [-0.25, -0.2) is 8.42 Å². The van der Waals surface area contributed by atoms with Crippen LogP contribution >= 0.6 is 10.7 Å². The average Bonchev–Trinajstić information content (AvgIpc) is 2.79. The molecule has 0 saturated heterocycles. The summed E-state index contributed by atoms with van der Waals surface area (Å²) in [6.07, 6.45) is 1.85. The highest BCUT2D eigenvalue weighted by Gasteiger charge is 2.14. The van der Waals surface area contributed by atoms with Gasteiger partial charge in [0.2, 0.25) is 14.8 Å². The summed E-state index contributed by atoms with van der Waals surface area (Å²) in [5, 5.41) is 9.81. The number of nitrogens with zero attached hydrogens (tertiary/aromatic N) is 1. The summed E-state index contributed by atoms with van der Waals surface area (Å²) in [7, 11) is 1.70. The Hall–Kier alpha value is -1.71. The summed E-state index contributed by atoms with van der Waals surface area (Å²) >= 11 is 0. The average molecular weight is 328 g/mol. The number of hydrogen-bond acceptors (Lipinski definition) is 5. The van der Waals surface area contributed by atoms with Crippen LogP contribution < -0.4 is 4.74 Å². The van der Waals surface area contributed by atoms with Gasteiger partial charge in [-0.1, -0.05) is 12.1 Å². The van der Waals surface area contributed by atoms with Gasteiger partial charge in [-0.3, -0.25) is 0 Å². The first-order chi connectivity index (χ1) is 10.0. The number of benzene rings is 1. The van der Waals surface area contributed by atoms with E-state index in [-0.39, 0.29) is 11.5 Å². The summed E-state index contributed by atoms with van der Waals surface area (Å²) in [5.74, 6) is 0.560. The molecule has 0 radical (unpaired) electrons. The molecule has 0 saturated carbocycles. The molecule has 0 bridgehead atoms. The first kappa shape index (κ1) is 15.7. The monoisotopic (exact) mass is 327 g/mol. The largest absolute Gasteiger partial charge is 0.488 e. The summed E-state index contributed by atoms with van der Waals surface area (Å²) in [4.78, 5) is 0. The van der Waals surface area contributed by atoms with Crippen LogP contribution in [0.15, 0.2) is 28.7 Å². The molecule has 2 rings (SSSR count). The lowest BCUT2D eigenvalue weighted by Crippen LogP contribution is -2.01. The van der Waals surface area contributed by atoms with Gasteiger partial charge in [0.05, 0.1) is 17.7 Å². The van der Waals surface area contributed by atoms with Gasteiger partial charge in [0.1, 0.15) is 11.7 Å². The highest BCUT2D eigenvalue weighted by atomic mass is 35.7. The van der Waals surface area contributed by atoms with E-state index in [0.29, 0.717) is 37.2 Å². The maximum atomic E-state index is 10.8. The molecule has 7 heteroatoms. The van der Waals surface area contributed by atoms with Gasteiger partial charge in [-0.05, 0) is 31.4 Å². The number of furan rings is 1. The lowest BCUT2D eigenvalue weighted by molar-refractivity contribution is 0.304. The van der Waals surface area contributed by atoms with Crippen molar-refractivity contribution in [3.63, 3.8) is 0 Å². The zero-order valence-electron chi connectivity index (χ0n) is 11.2. The standard InChI is InChI=1S/C14H14ClNO4S/c15-21(17,18)9-5-1-4-8-19-14-11-6-2-3-7-12(11)20-13(14)10-16/h2-3,6-7H,1,4-5,8-9H2. The molecule has 112 valence electrons. The lowest BCUT2D eigenvalue weighted by Gasteiger charge is -2.04. The van der Waals surface area contributed by atoms with E-state index >= 15 is 0 Å². The number of ether oxygens (including phenoxy) is 1. The van der Waals surface area contributed by atoms with E-state index in [2.05, 4.69) is 0 Å². The van der Waals surface area contributed by atoms with Crippen LogP contribution in [0.4, 0.5) is 0 Å². The molecule has 1 aromatic carbocycles. The summed E-state index contributed by atoms with van der Waals surface area (Å²) in [6.45, 7) is 0.389. The van der Waals surface area contributed by atoms with Gasteiger partial charge < -0.3 is 9.15 Å². The number of nitriles is 1. The summed E-state index contributed by atoms with van der Waals surface area (Å²) < 4.78 is 32.5. The lowest BCUT2D eigenvalue weighted by atomic mass is 10.2. The molecule has 1 heterocycles. The predicted octanol–water partition coefficient (Wildman–Crippen LogP) is 3.42. The zero-order valence-corrected chi connectivity index (χ0v) is 12.8. The second-order valence-electron chi connectivity index (χ2n) is 4.52. The highest BCUT2D eigenvalue weighted by molar-refractivity contribution is 8.13. The Balaban J connectivity index is 1.90. The van der Waals surface area contributed by atoms with Gasteiger partial charge >= 0.3 is 0 Å². The minimum absolute atomic E-state index is 0.0351. The second-order valence-corrected chi connectivity index (χ2v) is 7.42. The van der Waals surface area contributed by atoms with Crippen LogP contribution in [0.5, 0.6) is 5.75 Å². The first-order valence-electron chi connectivity index (χ1n) is 6.48. The number of para-hydroxylation sites is 1. The fourth-order valence-electron chi connectivity index (χ4n) is 1.97. The number of hydrogen-bond donors (Lipinski definition) is 0. The Bertz CT molecular complexity index is 761. The van der Waals surface area contributed by atoms with E-state index in [1.807, 2.05) is 24.3 Å². The van der Waals surface area contributed by atoms with Crippen LogP contribution in [0, 0.1) is 11.3 Å². The molecule has 0 spiro atoms. The van der Waals surface area contributed by atoms with Gasteiger partial charge in [-0.15, -0.1) is 0 Å². The van der Waals surface area contributed by atoms with E-state index in [9.17, 15) is 8.42 Å². The first-order valence-corrected chi connectivity index (χ1v) is 8.96. The Morgan fingerprint density at radius 1 is 1.24 bits per heavy atom. The molecule has 0 aliphatic heterocycles. The van der Waals surface area contributed by atoms with Crippen molar-refractivity contribution in [1.82, 2.24) is 0 Å². The number of fused-ring (bicyclic) bond motifs is 1. The molecule has 0 unspecified atom stereocenters. The van der Waals surface area contributed by atoms with Gasteiger partial charge in [0.15, 0.2) is 5.75 Å². The summed E-state index contributed by atoms with van der Waals surface area (Å²) in [6, 6.07) is 9.24. The molecule has 0 fully saturated rings. The van der Waals surface area contributed by atoms with Crippen molar-refractivity contribution < 1.29 is 17.6 Å².